The molecule has 0 spiro atoms. The molecule has 0 radical (unpaired) electrons. The van der Waals surface area contributed by atoms with Crippen molar-refractivity contribution in [3.8, 4) is 0 Å². The van der Waals surface area contributed by atoms with Crippen LogP contribution >= 0.6 is 0 Å². The molecule has 1 saturated carbocycles. The van der Waals surface area contributed by atoms with Crippen LogP contribution in [0.15, 0.2) is 0 Å². The highest BCUT2D eigenvalue weighted by atomic mass is 16.5. The Balaban J connectivity index is 1.94. The monoisotopic (exact) mass is 227 g/mol. The molecule has 0 amide bonds. The van der Waals surface area contributed by atoms with E-state index in [2.05, 4.69) is 12.2 Å². The number of hydrogen-bond acceptors (Lipinski definition) is 3. The number of esters is 1. The van der Waals surface area contributed by atoms with Crippen LogP contribution in [0.5, 0.6) is 0 Å². The van der Waals surface area contributed by atoms with E-state index in [-0.39, 0.29) is 5.97 Å². The molecule has 0 aromatic carbocycles. The first-order valence-corrected chi connectivity index (χ1v) is 6.72. The maximum Gasteiger partial charge on any atom is 0.307 e. The van der Waals surface area contributed by atoms with Crippen molar-refractivity contribution in [1.82, 2.24) is 5.32 Å². The van der Waals surface area contributed by atoms with Crippen molar-refractivity contribution in [1.29, 1.82) is 0 Å². The van der Waals surface area contributed by atoms with Gasteiger partial charge in [0.05, 0.1) is 13.0 Å². The number of unbranched alkanes of at least 4 members (excludes halogenated alkanes) is 1. The first-order chi connectivity index (χ1) is 7.83. The van der Waals surface area contributed by atoms with Gasteiger partial charge in [-0.25, -0.2) is 0 Å². The Morgan fingerprint density at radius 1 is 1.31 bits per heavy atom. The van der Waals surface area contributed by atoms with E-state index in [1.807, 2.05) is 0 Å². The molecule has 1 fully saturated rings. The molecule has 0 atom stereocenters. The maximum atomic E-state index is 11.3. The summed E-state index contributed by atoms with van der Waals surface area (Å²) in [6, 6.07) is 0.636. The predicted molar refractivity (Wildman–Crippen MR) is 65.4 cm³/mol. The summed E-state index contributed by atoms with van der Waals surface area (Å²) < 4.78 is 5.09. The van der Waals surface area contributed by atoms with Crippen molar-refractivity contribution >= 4 is 5.97 Å². The van der Waals surface area contributed by atoms with Gasteiger partial charge in [-0.15, -0.1) is 0 Å². The van der Waals surface area contributed by atoms with E-state index in [0.717, 1.165) is 19.4 Å². The quantitative estimate of drug-likeness (QED) is 0.537. The second-order valence-electron chi connectivity index (χ2n) is 4.61. The van der Waals surface area contributed by atoms with E-state index in [1.54, 1.807) is 0 Å². The molecule has 0 bridgehead atoms. The SMILES string of the molecule is CCCCOC(=O)CCNC1CCCCC1. The van der Waals surface area contributed by atoms with Crippen molar-refractivity contribution in [2.45, 2.75) is 64.3 Å². The van der Waals surface area contributed by atoms with Crippen molar-refractivity contribution in [3.05, 3.63) is 0 Å². The fourth-order valence-electron chi connectivity index (χ4n) is 2.09. The lowest BCUT2D eigenvalue weighted by Gasteiger charge is -2.22. The fraction of sp³-hybridized carbons (Fsp3) is 0.923. The summed E-state index contributed by atoms with van der Waals surface area (Å²) in [5.74, 6) is -0.0586. The Bertz CT molecular complexity index is 188. The molecule has 1 N–H and O–H groups in total. The minimum atomic E-state index is -0.0586. The molecular formula is C13H25NO2. The largest absolute Gasteiger partial charge is 0.466 e. The number of carbonyl (C=O) groups is 1. The number of nitrogens with one attached hydrogen (secondary N) is 1. The molecule has 94 valence electrons. The van der Waals surface area contributed by atoms with Gasteiger partial charge in [-0.1, -0.05) is 32.6 Å². The van der Waals surface area contributed by atoms with Gasteiger partial charge in [0.25, 0.3) is 0 Å². The van der Waals surface area contributed by atoms with Gasteiger partial charge >= 0.3 is 5.97 Å². The van der Waals surface area contributed by atoms with E-state index in [4.69, 9.17) is 4.74 Å². The van der Waals surface area contributed by atoms with Gasteiger partial charge in [0.2, 0.25) is 0 Å². The van der Waals surface area contributed by atoms with Crippen LogP contribution in [0.3, 0.4) is 0 Å². The molecule has 1 rings (SSSR count). The van der Waals surface area contributed by atoms with Gasteiger partial charge in [-0.3, -0.25) is 4.79 Å². The van der Waals surface area contributed by atoms with Crippen LogP contribution in [-0.2, 0) is 9.53 Å². The average molecular weight is 227 g/mol. The lowest BCUT2D eigenvalue weighted by molar-refractivity contribution is -0.143. The topological polar surface area (TPSA) is 38.3 Å². The zero-order chi connectivity index (χ0) is 11.6. The lowest BCUT2D eigenvalue weighted by Crippen LogP contribution is -2.32. The Hall–Kier alpha value is -0.570. The van der Waals surface area contributed by atoms with Crippen LogP contribution in [0.4, 0.5) is 0 Å². The van der Waals surface area contributed by atoms with E-state index in [0.29, 0.717) is 19.1 Å². The highest BCUT2D eigenvalue weighted by Gasteiger charge is 2.12. The lowest BCUT2D eigenvalue weighted by atomic mass is 9.95. The van der Waals surface area contributed by atoms with Crippen molar-refractivity contribution in [2.24, 2.45) is 0 Å². The van der Waals surface area contributed by atoms with Gasteiger partial charge in [-0.2, -0.15) is 0 Å². The second-order valence-corrected chi connectivity index (χ2v) is 4.61. The van der Waals surface area contributed by atoms with Crippen molar-refractivity contribution in [3.63, 3.8) is 0 Å². The Labute approximate surface area is 98.9 Å². The Morgan fingerprint density at radius 2 is 2.06 bits per heavy atom. The molecule has 0 saturated heterocycles. The maximum absolute atomic E-state index is 11.3. The van der Waals surface area contributed by atoms with Gasteiger partial charge < -0.3 is 10.1 Å². The molecule has 16 heavy (non-hydrogen) atoms. The normalized spacial score (nSPS) is 17.3. The van der Waals surface area contributed by atoms with Crippen LogP contribution in [0, 0.1) is 0 Å². The Kier molecular flexibility index (Phi) is 7.23. The molecule has 0 aromatic rings. The van der Waals surface area contributed by atoms with Gasteiger partial charge in [0.1, 0.15) is 0 Å². The van der Waals surface area contributed by atoms with E-state index >= 15 is 0 Å². The van der Waals surface area contributed by atoms with Crippen LogP contribution in [0.2, 0.25) is 0 Å². The van der Waals surface area contributed by atoms with Gasteiger partial charge in [0.15, 0.2) is 0 Å². The molecule has 0 heterocycles. The second kappa shape index (κ2) is 8.57. The summed E-state index contributed by atoms with van der Waals surface area (Å²) in [6.07, 6.45) is 9.14. The van der Waals surface area contributed by atoms with Crippen LogP contribution in [0.1, 0.15) is 58.3 Å². The fourth-order valence-corrected chi connectivity index (χ4v) is 2.09. The third kappa shape index (κ3) is 6.11. The molecule has 0 unspecified atom stereocenters. The molecule has 1 aliphatic rings. The zero-order valence-corrected chi connectivity index (χ0v) is 10.5. The Morgan fingerprint density at radius 3 is 2.75 bits per heavy atom. The average Bonchev–Trinajstić information content (AvgIpc) is 2.31. The van der Waals surface area contributed by atoms with E-state index in [1.165, 1.54) is 32.1 Å². The van der Waals surface area contributed by atoms with Crippen LogP contribution < -0.4 is 5.32 Å². The number of rotatable bonds is 7. The summed E-state index contributed by atoms with van der Waals surface area (Å²) >= 11 is 0. The highest BCUT2D eigenvalue weighted by Crippen LogP contribution is 2.17. The summed E-state index contributed by atoms with van der Waals surface area (Å²) in [5, 5.41) is 3.44. The molecule has 3 heteroatoms. The molecule has 3 nitrogen and oxygen atoms in total. The summed E-state index contributed by atoms with van der Waals surface area (Å²) in [7, 11) is 0. The first-order valence-electron chi connectivity index (χ1n) is 6.72. The van der Waals surface area contributed by atoms with E-state index < -0.39 is 0 Å². The van der Waals surface area contributed by atoms with Crippen LogP contribution in [-0.4, -0.2) is 25.2 Å². The number of carbonyl (C=O) groups excluding carboxylic acids is 1. The minimum absolute atomic E-state index is 0.0586. The summed E-state index contributed by atoms with van der Waals surface area (Å²) in [5.41, 5.74) is 0. The minimum Gasteiger partial charge on any atom is -0.466 e. The van der Waals surface area contributed by atoms with E-state index in [9.17, 15) is 4.79 Å². The predicted octanol–water partition coefficient (Wildman–Crippen LogP) is 2.64. The zero-order valence-electron chi connectivity index (χ0n) is 10.5. The molecular weight excluding hydrogens is 202 g/mol. The molecule has 0 aromatic heterocycles. The molecule has 0 aliphatic heterocycles. The number of hydrogen-bond donors (Lipinski definition) is 1. The smallest absolute Gasteiger partial charge is 0.307 e. The molecule has 1 aliphatic carbocycles. The first kappa shape index (κ1) is 13.5. The van der Waals surface area contributed by atoms with Crippen molar-refractivity contribution in [2.75, 3.05) is 13.2 Å². The van der Waals surface area contributed by atoms with Gasteiger partial charge in [0, 0.05) is 12.6 Å². The third-order valence-electron chi connectivity index (χ3n) is 3.13. The van der Waals surface area contributed by atoms with Gasteiger partial charge in [-0.05, 0) is 19.3 Å². The summed E-state index contributed by atoms with van der Waals surface area (Å²) in [6.45, 7) is 3.45. The van der Waals surface area contributed by atoms with Crippen LogP contribution in [0.25, 0.3) is 0 Å². The number of ether oxygens (including phenoxy) is 1. The third-order valence-corrected chi connectivity index (χ3v) is 3.13. The highest BCUT2D eigenvalue weighted by molar-refractivity contribution is 5.69. The summed E-state index contributed by atoms with van der Waals surface area (Å²) in [4.78, 5) is 11.3. The van der Waals surface area contributed by atoms with Crippen molar-refractivity contribution < 1.29 is 9.53 Å². The standard InChI is InChI=1S/C13H25NO2/c1-2-3-11-16-13(15)9-10-14-12-7-5-4-6-8-12/h12,14H,2-11H2,1H3.